The summed E-state index contributed by atoms with van der Waals surface area (Å²) in [4.78, 5) is 58.7. The topological polar surface area (TPSA) is 105 Å². The van der Waals surface area contributed by atoms with E-state index in [9.17, 15) is 24.3 Å². The number of thioether (sulfide) groups is 2. The molecule has 2 aliphatic heterocycles. The summed E-state index contributed by atoms with van der Waals surface area (Å²) in [5.41, 5.74) is 3.68. The second kappa shape index (κ2) is 17.4. The van der Waals surface area contributed by atoms with E-state index >= 15 is 0 Å². The zero-order chi connectivity index (χ0) is 38.8. The number of aliphatic carboxylic acids is 1. The van der Waals surface area contributed by atoms with Gasteiger partial charge in [0, 0.05) is 41.3 Å². The minimum atomic E-state index is -1.19. The Morgan fingerprint density at radius 3 is 2.38 bits per heavy atom. The molecule has 1 N–H and O–H groups in total. The number of amides is 1. The van der Waals surface area contributed by atoms with Gasteiger partial charge in [0.25, 0.3) is 17.0 Å². The Morgan fingerprint density at radius 2 is 1.67 bits per heavy atom. The van der Waals surface area contributed by atoms with Gasteiger partial charge in [0.15, 0.2) is 0 Å². The second-order valence-corrected chi connectivity index (χ2v) is 19.0. The van der Waals surface area contributed by atoms with Crippen molar-refractivity contribution < 1.29 is 14.7 Å². The number of thiazole rings is 2. The van der Waals surface area contributed by atoms with Crippen molar-refractivity contribution in [2.24, 2.45) is 0 Å². The first-order chi connectivity index (χ1) is 26.6. The Bertz CT molecular complexity index is 2470. The van der Waals surface area contributed by atoms with Crippen LogP contribution >= 0.6 is 58.4 Å². The summed E-state index contributed by atoms with van der Waals surface area (Å²) >= 11 is 10.7. The van der Waals surface area contributed by atoms with Gasteiger partial charge in [0.05, 0.1) is 4.53 Å². The van der Waals surface area contributed by atoms with Crippen LogP contribution < -0.4 is 25.2 Å². The molecule has 9 nitrogen and oxygen atoms in total. The molecular formula is C41H46N4O5S5. The van der Waals surface area contributed by atoms with Crippen LogP contribution in [0.2, 0.25) is 0 Å². The highest BCUT2D eigenvalue weighted by Gasteiger charge is 2.42. The molecule has 1 amide bonds. The maximum absolute atomic E-state index is 13.9. The summed E-state index contributed by atoms with van der Waals surface area (Å²) in [7, 11) is 0. The molecule has 3 aliphatic rings. The van der Waals surface area contributed by atoms with Crippen LogP contribution in [0.3, 0.4) is 0 Å². The molecule has 0 spiro atoms. The fourth-order valence-corrected chi connectivity index (χ4v) is 12.9. The van der Waals surface area contributed by atoms with Crippen LogP contribution in [-0.4, -0.2) is 53.7 Å². The number of hydrogen-bond donors (Lipinski definition) is 1. The van der Waals surface area contributed by atoms with Gasteiger partial charge in [-0.1, -0.05) is 75.5 Å². The van der Waals surface area contributed by atoms with Gasteiger partial charge >= 0.3 is 5.97 Å². The van der Waals surface area contributed by atoms with Crippen LogP contribution in [0.4, 0.5) is 11.4 Å². The molecule has 4 aromatic rings. The van der Waals surface area contributed by atoms with Gasteiger partial charge in [-0.25, -0.2) is 0 Å². The van der Waals surface area contributed by atoms with Gasteiger partial charge in [0.1, 0.15) is 29.6 Å². The van der Waals surface area contributed by atoms with Crippen LogP contribution in [0.25, 0.3) is 11.0 Å². The SMILES string of the molecule is CCCCCCCCSc1ccc(N2c3ccc(/C=c4\s/c(=c5/s/c(=C6/SC(=S)N(CC)C6=O)n(CC)c5=O)n(CC(=O)O)c4=O)cc3C3CCCC32)cc1. The Kier molecular flexibility index (Phi) is 12.6. The lowest BCUT2D eigenvalue weighted by molar-refractivity contribution is -0.137. The minimum absolute atomic E-state index is 0.229. The summed E-state index contributed by atoms with van der Waals surface area (Å²) in [6.07, 6.45) is 13.0. The zero-order valence-corrected chi connectivity index (χ0v) is 35.5. The smallest absolute Gasteiger partial charge is 0.323 e. The van der Waals surface area contributed by atoms with Crippen molar-refractivity contribution in [3.05, 3.63) is 92.7 Å². The van der Waals surface area contributed by atoms with Crippen molar-refractivity contribution in [2.45, 2.75) is 109 Å². The molecule has 2 unspecified atom stereocenters. The molecule has 2 fully saturated rings. The van der Waals surface area contributed by atoms with E-state index in [4.69, 9.17) is 12.2 Å². The average Bonchev–Trinajstić information content (AvgIpc) is 3.97. The Balaban J connectivity index is 1.24. The highest BCUT2D eigenvalue weighted by Crippen LogP contribution is 2.52. The molecule has 2 aromatic heterocycles. The number of carboxylic acid groups (broad SMARTS) is 1. The number of unbranched alkanes of at least 4 members (excludes halogenated alkanes) is 5. The molecule has 1 saturated carbocycles. The van der Waals surface area contributed by atoms with Crippen LogP contribution in [0.1, 0.15) is 95.6 Å². The predicted octanol–water partition coefficient (Wildman–Crippen LogP) is 7.58. The fraction of sp³-hybridized carbons (Fsp3) is 0.439. The average molecular weight is 835 g/mol. The number of hydrogen-bond acceptors (Lipinski definition) is 10. The Hall–Kier alpha value is -3.43. The molecule has 290 valence electrons. The summed E-state index contributed by atoms with van der Waals surface area (Å²) in [6.45, 7) is 6.03. The van der Waals surface area contributed by atoms with Gasteiger partial charge in [-0.3, -0.25) is 33.2 Å². The molecule has 4 heterocycles. The third kappa shape index (κ3) is 7.94. The number of carbonyl (C=O) groups excluding carboxylic acids is 1. The molecule has 2 aromatic carbocycles. The molecule has 2 atom stereocenters. The van der Waals surface area contributed by atoms with Gasteiger partial charge in [-0.15, -0.1) is 34.4 Å². The first-order valence-corrected chi connectivity index (χ1v) is 23.1. The zero-order valence-electron chi connectivity index (χ0n) is 31.4. The van der Waals surface area contributed by atoms with Crippen molar-refractivity contribution in [3.63, 3.8) is 0 Å². The maximum atomic E-state index is 13.9. The third-order valence-electron chi connectivity index (χ3n) is 10.7. The summed E-state index contributed by atoms with van der Waals surface area (Å²) in [5.74, 6) is 0.0852. The molecule has 0 radical (unpaired) electrons. The number of thiocarbonyl (C=S) groups is 1. The van der Waals surface area contributed by atoms with Gasteiger partial charge in [-0.2, -0.15) is 0 Å². The maximum Gasteiger partial charge on any atom is 0.323 e. The van der Waals surface area contributed by atoms with E-state index in [0.717, 1.165) is 65.0 Å². The van der Waals surface area contributed by atoms with Gasteiger partial charge in [0.2, 0.25) is 0 Å². The van der Waals surface area contributed by atoms with E-state index in [1.165, 1.54) is 74.4 Å². The van der Waals surface area contributed by atoms with Crippen molar-refractivity contribution in [1.29, 1.82) is 0 Å². The first-order valence-electron chi connectivity index (χ1n) is 19.3. The summed E-state index contributed by atoms with van der Waals surface area (Å²) in [6, 6.07) is 15.7. The molecule has 1 aliphatic carbocycles. The molecule has 0 bridgehead atoms. The van der Waals surface area contributed by atoms with Gasteiger partial charge < -0.3 is 10.0 Å². The molecule has 14 heteroatoms. The van der Waals surface area contributed by atoms with Crippen molar-refractivity contribution in [1.82, 2.24) is 14.0 Å². The summed E-state index contributed by atoms with van der Waals surface area (Å²) < 4.78 is 4.41. The normalized spacial score (nSPS) is 19.9. The number of carboxylic acids is 1. The molecular weight excluding hydrogens is 789 g/mol. The lowest BCUT2D eigenvalue weighted by atomic mass is 9.96. The lowest BCUT2D eigenvalue weighted by Gasteiger charge is -2.27. The van der Waals surface area contributed by atoms with E-state index in [2.05, 4.69) is 48.2 Å². The van der Waals surface area contributed by atoms with Crippen molar-refractivity contribution >= 4 is 97.0 Å². The van der Waals surface area contributed by atoms with Crippen LogP contribution in [0.15, 0.2) is 56.9 Å². The quantitative estimate of drug-likeness (QED) is 0.0783. The van der Waals surface area contributed by atoms with E-state index in [1.807, 2.05) is 37.8 Å². The molecule has 55 heavy (non-hydrogen) atoms. The number of carbonyl (C=O) groups is 2. The number of fused-ring (bicyclic) bond motifs is 3. The fourth-order valence-electron chi connectivity index (χ4n) is 8.00. The summed E-state index contributed by atoms with van der Waals surface area (Å²) in [5, 5.41) is 9.82. The molecule has 1 saturated heterocycles. The van der Waals surface area contributed by atoms with Crippen molar-refractivity contribution in [3.8, 4) is 0 Å². The van der Waals surface area contributed by atoms with E-state index in [-0.39, 0.29) is 20.7 Å². The highest BCUT2D eigenvalue weighted by atomic mass is 32.2. The first kappa shape index (κ1) is 39.8. The van der Waals surface area contributed by atoms with E-state index in [1.54, 1.807) is 0 Å². The van der Waals surface area contributed by atoms with E-state index in [0.29, 0.717) is 43.5 Å². The molecule has 7 rings (SSSR count). The minimum Gasteiger partial charge on any atom is -0.480 e. The van der Waals surface area contributed by atoms with Crippen molar-refractivity contribution in [2.75, 3.05) is 17.2 Å². The lowest BCUT2D eigenvalue weighted by Crippen LogP contribution is -2.31. The number of aromatic nitrogens is 2. The highest BCUT2D eigenvalue weighted by molar-refractivity contribution is 8.30. The third-order valence-corrected chi connectivity index (χ3v) is 15.8. The van der Waals surface area contributed by atoms with Crippen LogP contribution in [-0.2, 0) is 22.7 Å². The number of rotatable bonds is 14. The number of nitrogens with zero attached hydrogens (tertiary/aromatic N) is 4. The number of anilines is 2. The monoisotopic (exact) mass is 834 g/mol. The standard InChI is InChI=1S/C41H46N4O5S5/c1-4-7-8-9-10-11-21-52-27-18-16-26(17-19-27)45-30-14-12-13-28(30)29-22-25(15-20-31(29)45)23-32-36(48)44(24-33(46)47)40(53-32)34-37(49)42(5-2)39(54-34)35-38(50)43(6-3)41(51)55-35/h15-20,22-23,28,30H,4-14,21,24H2,1-3H3,(H,46,47)/b32-23-,39-35+,40-34+. The Morgan fingerprint density at radius 1 is 0.909 bits per heavy atom. The number of benzene rings is 2. The van der Waals surface area contributed by atoms with Gasteiger partial charge in [-0.05, 0) is 92.5 Å². The second-order valence-electron chi connectivity index (χ2n) is 14.1. The Labute approximate surface area is 342 Å². The van der Waals surface area contributed by atoms with Crippen LogP contribution in [0, 0.1) is 9.20 Å². The van der Waals surface area contributed by atoms with Crippen LogP contribution in [0.5, 0.6) is 0 Å². The largest absolute Gasteiger partial charge is 0.480 e. The predicted molar refractivity (Wildman–Crippen MR) is 231 cm³/mol. The van der Waals surface area contributed by atoms with E-state index < -0.39 is 18.1 Å².